The van der Waals surface area contributed by atoms with Crippen LogP contribution in [0.3, 0.4) is 0 Å². The van der Waals surface area contributed by atoms with Gasteiger partial charge in [0.05, 0.1) is 6.61 Å². The molecule has 0 saturated carbocycles. The Morgan fingerprint density at radius 1 is 1.19 bits per heavy atom. The van der Waals surface area contributed by atoms with Crippen molar-refractivity contribution in [3.63, 3.8) is 0 Å². The van der Waals surface area contributed by atoms with Gasteiger partial charge in [-0.1, -0.05) is 0 Å². The van der Waals surface area contributed by atoms with Gasteiger partial charge in [-0.25, -0.2) is 4.79 Å². The molecule has 27 heavy (non-hydrogen) atoms. The maximum absolute atomic E-state index is 12.6. The molecule has 0 aromatic rings. The lowest BCUT2D eigenvalue weighted by molar-refractivity contribution is -0.128. The van der Waals surface area contributed by atoms with Crippen LogP contribution in [-0.4, -0.2) is 91.7 Å². The van der Waals surface area contributed by atoms with E-state index in [0.717, 1.165) is 32.5 Å². The van der Waals surface area contributed by atoms with Crippen LogP contribution in [0, 0.1) is 11.3 Å². The molecular weight excluding hydrogens is 348 g/mol. The van der Waals surface area contributed by atoms with E-state index in [9.17, 15) is 14.9 Å². The molecule has 2 rings (SSSR count). The van der Waals surface area contributed by atoms with Gasteiger partial charge in [0.15, 0.2) is 0 Å². The second-order valence-corrected chi connectivity index (χ2v) is 6.72. The summed E-state index contributed by atoms with van der Waals surface area (Å²) < 4.78 is 5.00. The van der Waals surface area contributed by atoms with Gasteiger partial charge in [-0.15, -0.1) is 0 Å². The summed E-state index contributed by atoms with van der Waals surface area (Å²) in [6, 6.07) is 2.14. The van der Waals surface area contributed by atoms with E-state index >= 15 is 0 Å². The molecule has 9 heteroatoms. The predicted molar refractivity (Wildman–Crippen MR) is 101 cm³/mol. The monoisotopic (exact) mass is 378 g/mol. The highest BCUT2D eigenvalue weighted by Gasteiger charge is 2.25. The van der Waals surface area contributed by atoms with Crippen molar-refractivity contribution < 1.29 is 14.3 Å². The first-order chi connectivity index (χ1) is 13.1. The Morgan fingerprint density at radius 3 is 2.41 bits per heavy atom. The fourth-order valence-electron chi connectivity index (χ4n) is 3.31. The molecule has 2 amide bonds. The van der Waals surface area contributed by atoms with E-state index < -0.39 is 0 Å². The molecular formula is C18H30N6O3. The smallest absolute Gasteiger partial charge is 0.409 e. The molecule has 0 aliphatic carbocycles. The molecule has 0 aromatic heterocycles. The Balaban J connectivity index is 1.80. The fraction of sp³-hybridized carbons (Fsp3) is 0.722. The number of hydrogen-bond donors (Lipinski definition) is 2. The minimum absolute atomic E-state index is 0.120. The summed E-state index contributed by atoms with van der Waals surface area (Å²) in [4.78, 5) is 29.9. The van der Waals surface area contributed by atoms with Crippen molar-refractivity contribution in [1.82, 2.24) is 20.0 Å². The SMILES string of the molecule is CCOC(=O)N1CCC(N/C=C(/C#N)C(=O)N2CCN(CCN)CC2)CC1. The summed E-state index contributed by atoms with van der Waals surface area (Å²) in [6.45, 7) is 7.57. The van der Waals surface area contributed by atoms with Crippen LogP contribution in [0.25, 0.3) is 0 Å². The molecule has 0 atom stereocenters. The molecule has 2 aliphatic rings. The summed E-state index contributed by atoms with van der Waals surface area (Å²) in [7, 11) is 0. The van der Waals surface area contributed by atoms with Gasteiger partial charge < -0.3 is 25.6 Å². The molecule has 0 unspecified atom stereocenters. The topological polar surface area (TPSA) is 115 Å². The van der Waals surface area contributed by atoms with Gasteiger partial charge in [-0.3, -0.25) is 9.69 Å². The first kappa shape index (κ1) is 21.0. The van der Waals surface area contributed by atoms with Gasteiger partial charge in [-0.05, 0) is 19.8 Å². The normalized spacial score (nSPS) is 19.5. The molecule has 0 radical (unpaired) electrons. The zero-order valence-corrected chi connectivity index (χ0v) is 16.0. The maximum atomic E-state index is 12.6. The third-order valence-electron chi connectivity index (χ3n) is 4.94. The van der Waals surface area contributed by atoms with E-state index in [1.807, 2.05) is 6.07 Å². The van der Waals surface area contributed by atoms with Crippen LogP contribution in [-0.2, 0) is 9.53 Å². The number of likely N-dealkylation sites (tertiary alicyclic amines) is 1. The van der Waals surface area contributed by atoms with Crippen molar-refractivity contribution in [2.75, 3.05) is 59.0 Å². The number of amides is 2. The molecule has 9 nitrogen and oxygen atoms in total. The van der Waals surface area contributed by atoms with E-state index in [2.05, 4.69) is 10.2 Å². The number of piperidine rings is 1. The van der Waals surface area contributed by atoms with Crippen LogP contribution in [0.5, 0.6) is 0 Å². The average Bonchev–Trinajstić information content (AvgIpc) is 2.70. The molecule has 2 saturated heterocycles. The van der Waals surface area contributed by atoms with Crippen LogP contribution < -0.4 is 11.1 Å². The van der Waals surface area contributed by atoms with Gasteiger partial charge in [0.1, 0.15) is 11.6 Å². The maximum Gasteiger partial charge on any atom is 0.409 e. The van der Waals surface area contributed by atoms with Crippen molar-refractivity contribution in [2.45, 2.75) is 25.8 Å². The van der Waals surface area contributed by atoms with Gasteiger partial charge in [0, 0.05) is 64.6 Å². The number of ether oxygens (including phenoxy) is 1. The highest BCUT2D eigenvalue weighted by atomic mass is 16.6. The molecule has 2 aliphatic heterocycles. The number of rotatable bonds is 6. The number of carbonyl (C=O) groups excluding carboxylic acids is 2. The van der Waals surface area contributed by atoms with E-state index in [1.54, 1.807) is 16.7 Å². The fourth-order valence-corrected chi connectivity index (χ4v) is 3.31. The van der Waals surface area contributed by atoms with Crippen LogP contribution >= 0.6 is 0 Å². The number of nitriles is 1. The number of nitrogens with two attached hydrogens (primary N) is 1. The minimum Gasteiger partial charge on any atom is -0.450 e. The highest BCUT2D eigenvalue weighted by Crippen LogP contribution is 2.12. The standard InChI is InChI=1S/C18H30N6O3/c1-2-27-18(26)24-6-3-16(4-7-24)21-14-15(13-20)17(25)23-11-9-22(8-5-19)10-12-23/h14,16,21H,2-12,19H2,1H3/b15-14-. The second kappa shape index (κ2) is 10.7. The van der Waals surface area contributed by atoms with Crippen molar-refractivity contribution in [3.8, 4) is 6.07 Å². The third kappa shape index (κ3) is 6.12. The van der Waals surface area contributed by atoms with Crippen LogP contribution in [0.15, 0.2) is 11.8 Å². The summed E-state index contributed by atoms with van der Waals surface area (Å²) in [5, 5.41) is 12.5. The minimum atomic E-state index is -0.284. The third-order valence-corrected chi connectivity index (χ3v) is 4.94. The highest BCUT2D eigenvalue weighted by molar-refractivity contribution is 5.97. The summed E-state index contributed by atoms with van der Waals surface area (Å²) in [5.41, 5.74) is 5.68. The quantitative estimate of drug-likeness (QED) is 0.482. The van der Waals surface area contributed by atoms with Gasteiger partial charge in [0.25, 0.3) is 5.91 Å². The van der Waals surface area contributed by atoms with E-state index in [1.165, 1.54) is 6.20 Å². The number of hydrogen-bond acceptors (Lipinski definition) is 7. The average molecular weight is 378 g/mol. The number of carbonyl (C=O) groups is 2. The Labute approximate surface area is 160 Å². The summed E-state index contributed by atoms with van der Waals surface area (Å²) in [6.07, 6.45) is 2.74. The molecule has 3 N–H and O–H groups in total. The molecule has 0 aromatic carbocycles. The van der Waals surface area contributed by atoms with E-state index in [0.29, 0.717) is 39.3 Å². The Bertz CT molecular complexity index is 572. The largest absolute Gasteiger partial charge is 0.450 e. The second-order valence-electron chi connectivity index (χ2n) is 6.72. The lowest BCUT2D eigenvalue weighted by Crippen LogP contribution is -2.50. The lowest BCUT2D eigenvalue weighted by Gasteiger charge is -2.34. The Kier molecular flexibility index (Phi) is 8.36. The van der Waals surface area contributed by atoms with Crippen molar-refractivity contribution in [1.29, 1.82) is 5.26 Å². The first-order valence-corrected chi connectivity index (χ1v) is 9.58. The van der Waals surface area contributed by atoms with Gasteiger partial charge in [-0.2, -0.15) is 5.26 Å². The molecule has 0 spiro atoms. The van der Waals surface area contributed by atoms with Gasteiger partial charge >= 0.3 is 6.09 Å². The van der Waals surface area contributed by atoms with Crippen molar-refractivity contribution in [2.24, 2.45) is 5.73 Å². The zero-order chi connectivity index (χ0) is 19.6. The first-order valence-electron chi connectivity index (χ1n) is 9.58. The Hall–Kier alpha value is -2.31. The van der Waals surface area contributed by atoms with Crippen LogP contribution in [0.2, 0.25) is 0 Å². The van der Waals surface area contributed by atoms with E-state index in [-0.39, 0.29) is 23.6 Å². The lowest BCUT2D eigenvalue weighted by atomic mass is 10.1. The number of nitrogens with zero attached hydrogens (tertiary/aromatic N) is 4. The molecule has 150 valence electrons. The van der Waals surface area contributed by atoms with Crippen LogP contribution in [0.4, 0.5) is 4.79 Å². The zero-order valence-electron chi connectivity index (χ0n) is 16.0. The van der Waals surface area contributed by atoms with E-state index in [4.69, 9.17) is 10.5 Å². The number of piperazine rings is 1. The van der Waals surface area contributed by atoms with Crippen LogP contribution in [0.1, 0.15) is 19.8 Å². The molecule has 2 heterocycles. The summed E-state index contributed by atoms with van der Waals surface area (Å²) >= 11 is 0. The molecule has 0 bridgehead atoms. The molecule has 2 fully saturated rings. The van der Waals surface area contributed by atoms with Gasteiger partial charge in [0.2, 0.25) is 0 Å². The Morgan fingerprint density at radius 2 is 1.85 bits per heavy atom. The number of nitrogens with one attached hydrogen (secondary N) is 1. The van der Waals surface area contributed by atoms with Crippen molar-refractivity contribution >= 4 is 12.0 Å². The predicted octanol–water partition coefficient (Wildman–Crippen LogP) is -0.293. The summed E-state index contributed by atoms with van der Waals surface area (Å²) in [5.74, 6) is -0.235. The van der Waals surface area contributed by atoms with Crippen molar-refractivity contribution in [3.05, 3.63) is 11.8 Å².